The Morgan fingerprint density at radius 3 is 2.62 bits per heavy atom. The van der Waals surface area contributed by atoms with Crippen molar-refractivity contribution in [2.75, 3.05) is 5.75 Å². The van der Waals surface area contributed by atoms with Crippen LogP contribution in [-0.4, -0.2) is 20.8 Å². The minimum absolute atomic E-state index is 0.00694. The Labute approximate surface area is 93.0 Å². The highest BCUT2D eigenvalue weighted by atomic mass is 32.2. The van der Waals surface area contributed by atoms with Gasteiger partial charge in [-0.15, -0.1) is 0 Å². The molecule has 0 amide bonds. The fraction of sp³-hybridized carbons (Fsp3) is 0.400. The van der Waals surface area contributed by atoms with E-state index in [0.29, 0.717) is 6.42 Å². The second-order valence-electron chi connectivity index (χ2n) is 3.17. The van der Waals surface area contributed by atoms with Crippen LogP contribution in [0.5, 0.6) is 5.75 Å². The van der Waals surface area contributed by atoms with Gasteiger partial charge in [-0.2, -0.15) is 8.78 Å². The third kappa shape index (κ3) is 3.44. The third-order valence-electron chi connectivity index (χ3n) is 1.86. The second kappa shape index (κ2) is 5.25. The number of alkyl halides is 2. The van der Waals surface area contributed by atoms with E-state index in [4.69, 9.17) is 0 Å². The van der Waals surface area contributed by atoms with Gasteiger partial charge in [0.25, 0.3) is 0 Å². The number of benzene rings is 1. The molecule has 0 aliphatic rings. The van der Waals surface area contributed by atoms with Crippen LogP contribution in [0.1, 0.15) is 13.3 Å². The Morgan fingerprint density at radius 2 is 2.06 bits per heavy atom. The quantitative estimate of drug-likeness (QED) is 0.806. The molecule has 0 aliphatic carbocycles. The molecule has 90 valence electrons. The van der Waals surface area contributed by atoms with Crippen LogP contribution < -0.4 is 4.74 Å². The smallest absolute Gasteiger partial charge is 0.387 e. The van der Waals surface area contributed by atoms with Crippen molar-refractivity contribution < 1.29 is 21.9 Å². The van der Waals surface area contributed by atoms with Crippen molar-refractivity contribution in [2.45, 2.75) is 24.9 Å². The lowest BCUT2D eigenvalue weighted by molar-refractivity contribution is -0.0499. The number of sulfone groups is 1. The number of hydrogen-bond donors (Lipinski definition) is 0. The molecule has 1 aromatic carbocycles. The number of rotatable bonds is 5. The van der Waals surface area contributed by atoms with Gasteiger partial charge in [-0.1, -0.05) is 13.0 Å². The molecule has 16 heavy (non-hydrogen) atoms. The standard InChI is InChI=1S/C10H12F2O3S/c1-2-6-16(13,14)9-5-3-4-8(7-9)15-10(11)12/h3-5,7,10H,2,6H2,1H3. The highest BCUT2D eigenvalue weighted by molar-refractivity contribution is 7.91. The molecule has 0 spiro atoms. The third-order valence-corrected chi connectivity index (χ3v) is 3.78. The number of ether oxygens (including phenoxy) is 1. The first kappa shape index (κ1) is 12.9. The summed E-state index contributed by atoms with van der Waals surface area (Å²) < 4.78 is 51.2. The fourth-order valence-electron chi connectivity index (χ4n) is 1.23. The predicted octanol–water partition coefficient (Wildman–Crippen LogP) is 2.47. The topological polar surface area (TPSA) is 43.4 Å². The first-order valence-corrected chi connectivity index (χ1v) is 6.38. The summed E-state index contributed by atoms with van der Waals surface area (Å²) in [5.74, 6) is -0.155. The largest absolute Gasteiger partial charge is 0.435 e. The van der Waals surface area contributed by atoms with E-state index in [2.05, 4.69) is 4.74 Å². The second-order valence-corrected chi connectivity index (χ2v) is 5.28. The lowest BCUT2D eigenvalue weighted by atomic mass is 10.3. The minimum atomic E-state index is -3.39. The zero-order chi connectivity index (χ0) is 12.2. The maximum atomic E-state index is 11.9. The molecule has 1 rings (SSSR count). The predicted molar refractivity (Wildman–Crippen MR) is 55.4 cm³/mol. The van der Waals surface area contributed by atoms with Crippen molar-refractivity contribution in [1.29, 1.82) is 0 Å². The monoisotopic (exact) mass is 250 g/mol. The molecule has 1 aromatic rings. The van der Waals surface area contributed by atoms with Crippen LogP contribution in [0.15, 0.2) is 29.2 Å². The van der Waals surface area contributed by atoms with E-state index in [0.717, 1.165) is 6.07 Å². The summed E-state index contributed by atoms with van der Waals surface area (Å²) in [7, 11) is -3.39. The molecular formula is C10H12F2O3S. The first-order chi connectivity index (χ1) is 7.45. The van der Waals surface area contributed by atoms with Gasteiger partial charge < -0.3 is 4.74 Å². The molecule has 0 aliphatic heterocycles. The number of hydrogen-bond acceptors (Lipinski definition) is 3. The van der Waals surface area contributed by atoms with Gasteiger partial charge in [-0.25, -0.2) is 8.42 Å². The van der Waals surface area contributed by atoms with Crippen molar-refractivity contribution in [3.63, 3.8) is 0 Å². The molecule has 0 saturated carbocycles. The maximum Gasteiger partial charge on any atom is 0.387 e. The normalized spacial score (nSPS) is 11.8. The zero-order valence-electron chi connectivity index (χ0n) is 8.69. The molecule has 0 atom stereocenters. The van der Waals surface area contributed by atoms with Crippen LogP contribution in [0.3, 0.4) is 0 Å². The van der Waals surface area contributed by atoms with Gasteiger partial charge >= 0.3 is 6.61 Å². The van der Waals surface area contributed by atoms with Gasteiger partial charge in [-0.3, -0.25) is 0 Å². The van der Waals surface area contributed by atoms with Crippen LogP contribution in [0.25, 0.3) is 0 Å². The summed E-state index contributed by atoms with van der Waals surface area (Å²) in [6.07, 6.45) is 0.474. The summed E-state index contributed by atoms with van der Waals surface area (Å²) in [4.78, 5) is 0.00694. The van der Waals surface area contributed by atoms with Crippen LogP contribution in [0, 0.1) is 0 Å². The lowest BCUT2D eigenvalue weighted by Crippen LogP contribution is -2.07. The van der Waals surface area contributed by atoms with Crippen molar-refractivity contribution in [3.8, 4) is 5.75 Å². The highest BCUT2D eigenvalue weighted by Crippen LogP contribution is 2.20. The summed E-state index contributed by atoms with van der Waals surface area (Å²) in [5.41, 5.74) is 0. The molecule has 0 bridgehead atoms. The minimum Gasteiger partial charge on any atom is -0.435 e. The van der Waals surface area contributed by atoms with Crippen LogP contribution in [0.2, 0.25) is 0 Å². The summed E-state index contributed by atoms with van der Waals surface area (Å²) in [6, 6.07) is 5.14. The van der Waals surface area contributed by atoms with Gasteiger partial charge in [-0.05, 0) is 24.6 Å². The Morgan fingerprint density at radius 1 is 1.38 bits per heavy atom. The van der Waals surface area contributed by atoms with Crippen molar-refractivity contribution in [2.24, 2.45) is 0 Å². The molecule has 0 radical (unpaired) electrons. The van der Waals surface area contributed by atoms with E-state index < -0.39 is 16.4 Å². The average molecular weight is 250 g/mol. The molecule has 0 saturated heterocycles. The average Bonchev–Trinajstić information content (AvgIpc) is 2.17. The molecule has 0 heterocycles. The zero-order valence-corrected chi connectivity index (χ0v) is 9.51. The highest BCUT2D eigenvalue weighted by Gasteiger charge is 2.14. The fourth-order valence-corrected chi connectivity index (χ4v) is 2.59. The molecule has 0 aromatic heterocycles. The molecule has 0 fully saturated rings. The number of halogens is 2. The van der Waals surface area contributed by atoms with E-state index >= 15 is 0 Å². The Kier molecular flexibility index (Phi) is 4.23. The van der Waals surface area contributed by atoms with Crippen molar-refractivity contribution >= 4 is 9.84 Å². The van der Waals surface area contributed by atoms with Gasteiger partial charge in [0.05, 0.1) is 10.6 Å². The molecule has 3 nitrogen and oxygen atoms in total. The molecule has 0 unspecified atom stereocenters. The van der Waals surface area contributed by atoms with Gasteiger partial charge in [0.15, 0.2) is 9.84 Å². The maximum absolute atomic E-state index is 11.9. The van der Waals surface area contributed by atoms with E-state index in [-0.39, 0.29) is 16.4 Å². The SMILES string of the molecule is CCCS(=O)(=O)c1cccc(OC(F)F)c1. The van der Waals surface area contributed by atoms with E-state index in [1.807, 2.05) is 0 Å². The van der Waals surface area contributed by atoms with Crippen molar-refractivity contribution in [3.05, 3.63) is 24.3 Å². The summed E-state index contributed by atoms with van der Waals surface area (Å²) >= 11 is 0. The van der Waals surface area contributed by atoms with Crippen LogP contribution >= 0.6 is 0 Å². The van der Waals surface area contributed by atoms with Gasteiger partial charge in [0, 0.05) is 0 Å². The molecule has 0 N–H and O–H groups in total. The van der Waals surface area contributed by atoms with Crippen molar-refractivity contribution in [1.82, 2.24) is 0 Å². The molecular weight excluding hydrogens is 238 g/mol. The van der Waals surface area contributed by atoms with Gasteiger partial charge in [0.2, 0.25) is 0 Å². The van der Waals surface area contributed by atoms with E-state index in [9.17, 15) is 17.2 Å². The van der Waals surface area contributed by atoms with Crippen LogP contribution in [0.4, 0.5) is 8.78 Å². The first-order valence-electron chi connectivity index (χ1n) is 4.73. The Balaban J connectivity index is 2.98. The Bertz CT molecular complexity index is 443. The van der Waals surface area contributed by atoms with Crippen LogP contribution in [-0.2, 0) is 9.84 Å². The van der Waals surface area contributed by atoms with Gasteiger partial charge in [0.1, 0.15) is 5.75 Å². The lowest BCUT2D eigenvalue weighted by Gasteiger charge is -2.07. The van der Waals surface area contributed by atoms with E-state index in [1.54, 1.807) is 6.92 Å². The summed E-state index contributed by atoms with van der Waals surface area (Å²) in [6.45, 7) is -1.22. The Hall–Kier alpha value is -1.17. The molecule has 6 heteroatoms. The van der Waals surface area contributed by atoms with E-state index in [1.165, 1.54) is 18.2 Å². The summed E-state index contributed by atoms with van der Waals surface area (Å²) in [5, 5.41) is 0.